The molecule has 7 heteroatoms. The molecule has 31 heavy (non-hydrogen) atoms. The summed E-state index contributed by atoms with van der Waals surface area (Å²) in [7, 11) is 0. The Morgan fingerprint density at radius 3 is 2.42 bits per heavy atom. The molecule has 0 saturated heterocycles. The van der Waals surface area contributed by atoms with Crippen molar-refractivity contribution in [2.45, 2.75) is 5.88 Å². The van der Waals surface area contributed by atoms with Crippen LogP contribution < -0.4 is 5.73 Å². The Kier molecular flexibility index (Phi) is 4.84. The summed E-state index contributed by atoms with van der Waals surface area (Å²) in [6.07, 6.45) is 4.64. The van der Waals surface area contributed by atoms with E-state index in [9.17, 15) is 4.39 Å². The van der Waals surface area contributed by atoms with Crippen molar-refractivity contribution in [1.82, 2.24) is 19.5 Å². The zero-order valence-electron chi connectivity index (χ0n) is 16.3. The molecular weight excluding hydrogens is 413 g/mol. The van der Waals surface area contributed by atoms with E-state index in [0.717, 1.165) is 33.4 Å². The van der Waals surface area contributed by atoms with Crippen LogP contribution in [0.15, 0.2) is 79.3 Å². The largest absolute Gasteiger partial charge is 0.383 e. The molecule has 0 radical (unpaired) electrons. The van der Waals surface area contributed by atoms with E-state index < -0.39 is 0 Å². The topological polar surface area (TPSA) is 69.6 Å². The summed E-state index contributed by atoms with van der Waals surface area (Å²) in [5.74, 6) is 0.499. The molecule has 0 aliphatic heterocycles. The van der Waals surface area contributed by atoms with Crippen molar-refractivity contribution >= 4 is 28.3 Å². The molecule has 0 amide bonds. The van der Waals surface area contributed by atoms with Gasteiger partial charge < -0.3 is 10.3 Å². The first-order chi connectivity index (χ1) is 15.1. The smallest absolute Gasteiger partial charge is 0.141 e. The number of rotatable bonds is 4. The van der Waals surface area contributed by atoms with E-state index >= 15 is 0 Å². The molecule has 1 aromatic carbocycles. The van der Waals surface area contributed by atoms with Gasteiger partial charge in [0.15, 0.2) is 0 Å². The molecule has 0 fully saturated rings. The van der Waals surface area contributed by atoms with Crippen molar-refractivity contribution in [1.29, 1.82) is 0 Å². The van der Waals surface area contributed by atoms with Crippen molar-refractivity contribution in [3.63, 3.8) is 0 Å². The van der Waals surface area contributed by atoms with Gasteiger partial charge in [-0.15, -0.1) is 11.6 Å². The molecule has 0 atom stereocenters. The highest BCUT2D eigenvalue weighted by Crippen LogP contribution is 2.34. The van der Waals surface area contributed by atoms with Crippen LogP contribution in [0.5, 0.6) is 0 Å². The van der Waals surface area contributed by atoms with Gasteiger partial charge in [0, 0.05) is 34.9 Å². The summed E-state index contributed by atoms with van der Waals surface area (Å²) in [6, 6.07) is 18.8. The number of halogens is 2. The molecule has 2 N–H and O–H groups in total. The minimum Gasteiger partial charge on any atom is -0.383 e. The Balaban J connectivity index is 1.77. The van der Waals surface area contributed by atoms with E-state index in [-0.39, 0.29) is 5.82 Å². The van der Waals surface area contributed by atoms with E-state index in [2.05, 4.69) is 19.5 Å². The summed E-state index contributed by atoms with van der Waals surface area (Å²) in [5.41, 5.74) is 12.1. The molecule has 0 bridgehead atoms. The van der Waals surface area contributed by atoms with Gasteiger partial charge in [0.2, 0.25) is 0 Å². The number of anilines is 1. The lowest BCUT2D eigenvalue weighted by Gasteiger charge is -2.13. The average Bonchev–Trinajstić information content (AvgIpc) is 3.18. The molecule has 0 spiro atoms. The standard InChI is InChI=1S/C24H17ClFN5/c25-12-15-3-6-18(7-4-15)31-22-11-21(20-8-5-17(26)14-30-20)29-13-16(22)10-23(31)19-2-1-9-28-24(19)27/h1-11,13-14H,12H2,(H2,27,28). The van der Waals surface area contributed by atoms with Crippen LogP contribution in [-0.2, 0) is 5.88 Å². The number of hydrogen-bond acceptors (Lipinski definition) is 4. The van der Waals surface area contributed by atoms with Crippen molar-refractivity contribution in [2.24, 2.45) is 0 Å². The number of nitrogens with two attached hydrogens (primary N) is 1. The predicted molar refractivity (Wildman–Crippen MR) is 121 cm³/mol. The van der Waals surface area contributed by atoms with E-state index in [1.807, 2.05) is 48.5 Å². The number of hydrogen-bond donors (Lipinski definition) is 1. The van der Waals surface area contributed by atoms with Crippen LogP contribution in [0.25, 0.3) is 39.2 Å². The van der Waals surface area contributed by atoms with E-state index in [1.54, 1.807) is 18.5 Å². The number of alkyl halides is 1. The maximum Gasteiger partial charge on any atom is 0.141 e. The van der Waals surface area contributed by atoms with Gasteiger partial charge in [-0.25, -0.2) is 9.37 Å². The Bertz CT molecular complexity index is 1380. The van der Waals surface area contributed by atoms with Gasteiger partial charge in [0.25, 0.3) is 0 Å². The molecule has 152 valence electrons. The summed E-state index contributed by atoms with van der Waals surface area (Å²) in [5, 5.41) is 0.936. The number of pyridine rings is 3. The zero-order chi connectivity index (χ0) is 21.4. The average molecular weight is 430 g/mol. The van der Waals surface area contributed by atoms with Gasteiger partial charge in [0.1, 0.15) is 11.6 Å². The zero-order valence-corrected chi connectivity index (χ0v) is 17.1. The maximum atomic E-state index is 13.3. The van der Waals surface area contributed by atoms with Gasteiger partial charge in [-0.05, 0) is 54.1 Å². The Morgan fingerprint density at radius 2 is 1.71 bits per heavy atom. The Labute approximate surface area is 183 Å². The minimum atomic E-state index is -0.387. The third-order valence-electron chi connectivity index (χ3n) is 5.14. The molecule has 0 saturated carbocycles. The van der Waals surface area contributed by atoms with Crippen molar-refractivity contribution in [3.8, 4) is 28.3 Å². The lowest BCUT2D eigenvalue weighted by Crippen LogP contribution is -2.00. The van der Waals surface area contributed by atoms with Crippen molar-refractivity contribution in [2.75, 3.05) is 5.73 Å². The molecule has 4 aromatic heterocycles. The fourth-order valence-electron chi connectivity index (χ4n) is 3.61. The molecule has 0 unspecified atom stereocenters. The van der Waals surface area contributed by atoms with Gasteiger partial charge in [-0.3, -0.25) is 9.97 Å². The molecule has 5 aromatic rings. The summed E-state index contributed by atoms with van der Waals surface area (Å²) in [4.78, 5) is 13.0. The van der Waals surface area contributed by atoms with Gasteiger partial charge in [0.05, 0.1) is 28.8 Å². The second kappa shape index (κ2) is 7.81. The number of nitrogens with zero attached hydrogens (tertiary/aromatic N) is 4. The lowest BCUT2D eigenvalue weighted by atomic mass is 10.1. The monoisotopic (exact) mass is 429 g/mol. The van der Waals surface area contributed by atoms with E-state index in [0.29, 0.717) is 23.1 Å². The summed E-state index contributed by atoms with van der Waals surface area (Å²) in [6.45, 7) is 0. The van der Waals surface area contributed by atoms with Crippen molar-refractivity contribution in [3.05, 3.63) is 90.6 Å². The van der Waals surface area contributed by atoms with Crippen LogP contribution in [0, 0.1) is 5.82 Å². The summed E-state index contributed by atoms with van der Waals surface area (Å²) < 4.78 is 15.4. The minimum absolute atomic E-state index is 0.387. The number of fused-ring (bicyclic) bond motifs is 1. The van der Waals surface area contributed by atoms with Crippen molar-refractivity contribution < 1.29 is 4.39 Å². The molecule has 4 heterocycles. The molecule has 5 rings (SSSR count). The second-order valence-corrected chi connectivity index (χ2v) is 7.36. The summed E-state index contributed by atoms with van der Waals surface area (Å²) >= 11 is 5.97. The third kappa shape index (κ3) is 3.51. The van der Waals surface area contributed by atoms with Crippen LogP contribution >= 0.6 is 11.6 Å². The normalized spacial score (nSPS) is 11.2. The third-order valence-corrected chi connectivity index (χ3v) is 5.45. The number of nitrogen functional groups attached to an aromatic ring is 1. The van der Waals surface area contributed by atoms with E-state index in [1.165, 1.54) is 12.3 Å². The first-order valence-electron chi connectivity index (χ1n) is 9.63. The molecule has 5 nitrogen and oxygen atoms in total. The van der Waals surface area contributed by atoms with Crippen LogP contribution in [0.1, 0.15) is 5.56 Å². The van der Waals surface area contributed by atoms with Crippen LogP contribution in [0.4, 0.5) is 10.2 Å². The van der Waals surface area contributed by atoms with Crippen LogP contribution in [-0.4, -0.2) is 19.5 Å². The van der Waals surface area contributed by atoms with E-state index in [4.69, 9.17) is 17.3 Å². The van der Waals surface area contributed by atoms with Crippen LogP contribution in [0.2, 0.25) is 0 Å². The van der Waals surface area contributed by atoms with Gasteiger partial charge in [-0.2, -0.15) is 0 Å². The quantitative estimate of drug-likeness (QED) is 0.377. The highest BCUT2D eigenvalue weighted by atomic mass is 35.5. The molecule has 0 aliphatic rings. The highest BCUT2D eigenvalue weighted by molar-refractivity contribution is 6.17. The second-order valence-electron chi connectivity index (χ2n) is 7.09. The van der Waals surface area contributed by atoms with Gasteiger partial charge in [-0.1, -0.05) is 12.1 Å². The Hall–Kier alpha value is -3.77. The first-order valence-corrected chi connectivity index (χ1v) is 10.2. The van der Waals surface area contributed by atoms with Gasteiger partial charge >= 0.3 is 0 Å². The number of benzene rings is 1. The molecular formula is C24H17ClFN5. The SMILES string of the molecule is Nc1ncccc1-c1cc2cnc(-c3ccc(F)cn3)cc2n1-c1ccc(CCl)cc1. The van der Waals surface area contributed by atoms with Crippen LogP contribution in [0.3, 0.4) is 0 Å². The number of aromatic nitrogens is 4. The Morgan fingerprint density at radius 1 is 0.903 bits per heavy atom. The maximum absolute atomic E-state index is 13.3. The molecule has 0 aliphatic carbocycles. The first kappa shape index (κ1) is 19.2. The highest BCUT2D eigenvalue weighted by Gasteiger charge is 2.16. The predicted octanol–water partition coefficient (Wildman–Crippen LogP) is 5.61. The fourth-order valence-corrected chi connectivity index (χ4v) is 3.79. The lowest BCUT2D eigenvalue weighted by molar-refractivity contribution is 0.622. The fraction of sp³-hybridized carbons (Fsp3) is 0.0417.